The van der Waals surface area contributed by atoms with Gasteiger partial charge in [0, 0.05) is 11.7 Å². The quantitative estimate of drug-likeness (QED) is 0.605. The molecule has 1 heterocycles. The predicted octanol–water partition coefficient (Wildman–Crippen LogP) is 1.72. The van der Waals surface area contributed by atoms with Gasteiger partial charge in [-0.2, -0.15) is 11.8 Å². The largest absolute Gasteiger partial charge is 0.298 e. The van der Waals surface area contributed by atoms with E-state index in [4.69, 9.17) is 0 Å². The van der Waals surface area contributed by atoms with Gasteiger partial charge in [0.05, 0.1) is 5.75 Å². The third kappa shape index (κ3) is 1.36. The van der Waals surface area contributed by atoms with Crippen LogP contribution in [-0.2, 0) is 4.79 Å². The Morgan fingerprint density at radius 1 is 1.50 bits per heavy atom. The lowest BCUT2D eigenvalue weighted by Gasteiger charge is -2.02. The van der Waals surface area contributed by atoms with Crippen molar-refractivity contribution in [2.45, 2.75) is 19.3 Å². The molecule has 2 aliphatic rings. The monoisotopic (exact) mass is 156 g/mol. The first-order valence-electron chi connectivity index (χ1n) is 3.96. The molecule has 0 aromatic carbocycles. The zero-order valence-electron chi connectivity index (χ0n) is 6.01. The summed E-state index contributed by atoms with van der Waals surface area (Å²) in [5.41, 5.74) is 0. The summed E-state index contributed by atoms with van der Waals surface area (Å²) in [7, 11) is 0. The summed E-state index contributed by atoms with van der Waals surface area (Å²) in [6, 6.07) is 0. The zero-order chi connectivity index (χ0) is 6.97. The van der Waals surface area contributed by atoms with Gasteiger partial charge in [-0.1, -0.05) is 12.8 Å². The van der Waals surface area contributed by atoms with Crippen LogP contribution in [0, 0.1) is 11.8 Å². The highest BCUT2D eigenvalue weighted by Crippen LogP contribution is 2.38. The van der Waals surface area contributed by atoms with Crippen LogP contribution in [0.2, 0.25) is 0 Å². The molecule has 0 amide bonds. The van der Waals surface area contributed by atoms with Gasteiger partial charge in [-0.15, -0.1) is 0 Å². The third-order valence-electron chi connectivity index (χ3n) is 2.33. The van der Waals surface area contributed by atoms with Crippen molar-refractivity contribution < 1.29 is 4.79 Å². The van der Waals surface area contributed by atoms with Crippen molar-refractivity contribution in [3.8, 4) is 0 Å². The van der Waals surface area contributed by atoms with E-state index in [0.29, 0.717) is 11.7 Å². The standard InChI is InChI=1S/C8H12OS/c9-8-5-10-4-7(8)3-6-1-2-6/h6-7H,1-5H2. The van der Waals surface area contributed by atoms with Crippen molar-refractivity contribution >= 4 is 17.5 Å². The van der Waals surface area contributed by atoms with Crippen molar-refractivity contribution in [1.82, 2.24) is 0 Å². The summed E-state index contributed by atoms with van der Waals surface area (Å²) < 4.78 is 0. The van der Waals surface area contributed by atoms with E-state index in [1.807, 2.05) is 11.8 Å². The molecule has 1 atom stereocenters. The molecule has 1 saturated heterocycles. The van der Waals surface area contributed by atoms with Crippen LogP contribution in [0.1, 0.15) is 19.3 Å². The lowest BCUT2D eigenvalue weighted by molar-refractivity contribution is -0.119. The van der Waals surface area contributed by atoms with Crippen LogP contribution >= 0.6 is 11.8 Å². The fourth-order valence-electron chi connectivity index (χ4n) is 1.47. The summed E-state index contributed by atoms with van der Waals surface area (Å²) in [5, 5.41) is 0. The van der Waals surface area contributed by atoms with Gasteiger partial charge in [-0.3, -0.25) is 4.79 Å². The van der Waals surface area contributed by atoms with Gasteiger partial charge < -0.3 is 0 Å². The molecule has 1 unspecified atom stereocenters. The van der Waals surface area contributed by atoms with E-state index < -0.39 is 0 Å². The first-order chi connectivity index (χ1) is 4.86. The van der Waals surface area contributed by atoms with Crippen LogP contribution in [0.4, 0.5) is 0 Å². The molecule has 2 rings (SSSR count). The molecular formula is C8H12OS. The highest BCUT2D eigenvalue weighted by molar-refractivity contribution is 8.00. The number of hydrogen-bond acceptors (Lipinski definition) is 2. The fraction of sp³-hybridized carbons (Fsp3) is 0.875. The lowest BCUT2D eigenvalue weighted by atomic mass is 10.0. The molecule has 0 spiro atoms. The number of thioether (sulfide) groups is 1. The summed E-state index contributed by atoms with van der Waals surface area (Å²) in [6.45, 7) is 0. The van der Waals surface area contributed by atoms with Crippen molar-refractivity contribution in [1.29, 1.82) is 0 Å². The van der Waals surface area contributed by atoms with Gasteiger partial charge in [-0.05, 0) is 12.3 Å². The third-order valence-corrected chi connectivity index (χ3v) is 3.46. The van der Waals surface area contributed by atoms with Crippen LogP contribution in [0.5, 0.6) is 0 Å². The van der Waals surface area contributed by atoms with E-state index in [1.54, 1.807) is 0 Å². The van der Waals surface area contributed by atoms with E-state index >= 15 is 0 Å². The topological polar surface area (TPSA) is 17.1 Å². The molecular weight excluding hydrogens is 144 g/mol. The van der Waals surface area contributed by atoms with Gasteiger partial charge in [-0.25, -0.2) is 0 Å². The maximum atomic E-state index is 11.1. The van der Waals surface area contributed by atoms with Crippen LogP contribution in [0.15, 0.2) is 0 Å². The molecule has 10 heavy (non-hydrogen) atoms. The Balaban J connectivity index is 1.84. The molecule has 0 radical (unpaired) electrons. The van der Waals surface area contributed by atoms with Crippen LogP contribution in [-0.4, -0.2) is 17.3 Å². The number of ketones is 1. The Hall–Kier alpha value is 0.0200. The van der Waals surface area contributed by atoms with Crippen LogP contribution in [0.3, 0.4) is 0 Å². The van der Waals surface area contributed by atoms with Crippen LogP contribution in [0.25, 0.3) is 0 Å². The second-order valence-corrected chi connectivity index (χ2v) is 4.39. The molecule has 1 aliphatic heterocycles. The van der Waals surface area contributed by atoms with Gasteiger partial charge in [0.1, 0.15) is 5.78 Å². The van der Waals surface area contributed by atoms with E-state index in [1.165, 1.54) is 19.3 Å². The van der Waals surface area contributed by atoms with Gasteiger partial charge in [0.2, 0.25) is 0 Å². The van der Waals surface area contributed by atoms with E-state index in [9.17, 15) is 4.79 Å². The molecule has 2 heteroatoms. The van der Waals surface area contributed by atoms with Crippen molar-refractivity contribution in [2.75, 3.05) is 11.5 Å². The Morgan fingerprint density at radius 2 is 2.30 bits per heavy atom. The highest BCUT2D eigenvalue weighted by Gasteiger charge is 2.31. The Bertz CT molecular complexity index is 151. The van der Waals surface area contributed by atoms with E-state index in [-0.39, 0.29) is 0 Å². The highest BCUT2D eigenvalue weighted by atomic mass is 32.2. The summed E-state index contributed by atoms with van der Waals surface area (Å²) in [6.07, 6.45) is 3.97. The smallest absolute Gasteiger partial charge is 0.146 e. The molecule has 0 aromatic heterocycles. The maximum Gasteiger partial charge on any atom is 0.146 e. The minimum atomic E-state index is 0.442. The SMILES string of the molecule is O=C1CSCC1CC1CC1. The fourth-order valence-corrected chi connectivity index (χ4v) is 2.63. The second kappa shape index (κ2) is 2.57. The first-order valence-corrected chi connectivity index (χ1v) is 5.12. The summed E-state index contributed by atoms with van der Waals surface area (Å²) in [5.74, 6) is 3.77. The van der Waals surface area contributed by atoms with Crippen molar-refractivity contribution in [3.05, 3.63) is 0 Å². The Labute approximate surface area is 65.6 Å². The number of carbonyl (C=O) groups excluding carboxylic acids is 1. The average molecular weight is 156 g/mol. The molecule has 0 N–H and O–H groups in total. The van der Waals surface area contributed by atoms with Gasteiger partial charge in [0.25, 0.3) is 0 Å². The normalized spacial score (nSPS) is 33.2. The minimum absolute atomic E-state index is 0.442. The minimum Gasteiger partial charge on any atom is -0.298 e. The molecule has 1 aliphatic carbocycles. The van der Waals surface area contributed by atoms with Gasteiger partial charge in [0.15, 0.2) is 0 Å². The number of carbonyl (C=O) groups is 1. The molecule has 56 valence electrons. The lowest BCUT2D eigenvalue weighted by Crippen LogP contribution is -2.11. The van der Waals surface area contributed by atoms with Crippen molar-refractivity contribution in [3.63, 3.8) is 0 Å². The Morgan fingerprint density at radius 3 is 2.80 bits per heavy atom. The molecule has 1 nitrogen and oxygen atoms in total. The molecule has 2 fully saturated rings. The maximum absolute atomic E-state index is 11.1. The first kappa shape index (κ1) is 6.71. The van der Waals surface area contributed by atoms with Crippen LogP contribution < -0.4 is 0 Å². The average Bonchev–Trinajstić information content (AvgIpc) is 2.62. The van der Waals surface area contributed by atoms with E-state index in [2.05, 4.69) is 0 Å². The molecule has 0 aromatic rings. The zero-order valence-corrected chi connectivity index (χ0v) is 6.82. The number of rotatable bonds is 2. The van der Waals surface area contributed by atoms with Gasteiger partial charge >= 0.3 is 0 Å². The second-order valence-electron chi connectivity index (χ2n) is 3.36. The van der Waals surface area contributed by atoms with Crippen molar-refractivity contribution in [2.24, 2.45) is 11.8 Å². The van der Waals surface area contributed by atoms with E-state index in [0.717, 1.165) is 17.4 Å². The summed E-state index contributed by atoms with van der Waals surface area (Å²) >= 11 is 1.81. The summed E-state index contributed by atoms with van der Waals surface area (Å²) in [4.78, 5) is 11.1. The predicted molar refractivity (Wildman–Crippen MR) is 43.2 cm³/mol. The number of Topliss-reactive ketones (excluding diaryl/α,β-unsaturated/α-hetero) is 1. The molecule has 0 bridgehead atoms. The molecule has 1 saturated carbocycles. The Kier molecular flexibility index (Phi) is 1.73. The number of hydrogen-bond donors (Lipinski definition) is 0.